The van der Waals surface area contributed by atoms with Crippen LogP contribution in [0.4, 0.5) is 13.2 Å². The van der Waals surface area contributed by atoms with E-state index in [2.05, 4.69) is 10.00 Å². The first kappa shape index (κ1) is 22.3. The van der Waals surface area contributed by atoms with Crippen LogP contribution in [0.2, 0.25) is 0 Å². The molecule has 3 heterocycles. The van der Waals surface area contributed by atoms with E-state index in [4.69, 9.17) is 4.74 Å². The van der Waals surface area contributed by atoms with Gasteiger partial charge in [0.15, 0.2) is 0 Å². The van der Waals surface area contributed by atoms with Crippen LogP contribution >= 0.6 is 0 Å². The number of nitrogens with one attached hydrogen (secondary N) is 1. The van der Waals surface area contributed by atoms with Crippen LogP contribution in [0.25, 0.3) is 16.6 Å². The molecule has 1 saturated heterocycles. The fourth-order valence-electron chi connectivity index (χ4n) is 4.18. The molecule has 0 aliphatic carbocycles. The molecule has 0 radical (unpaired) electrons. The third-order valence-electron chi connectivity index (χ3n) is 5.81. The summed E-state index contributed by atoms with van der Waals surface area (Å²) in [5, 5.41) is 3.26. The molecule has 0 unspecified atom stereocenters. The summed E-state index contributed by atoms with van der Waals surface area (Å²) in [5.41, 5.74) is -0.120. The van der Waals surface area contributed by atoms with Crippen LogP contribution < -0.4 is 11.1 Å². The van der Waals surface area contributed by atoms with Crippen LogP contribution in [0.5, 0.6) is 0 Å². The first-order valence-corrected chi connectivity index (χ1v) is 10.6. The van der Waals surface area contributed by atoms with Crippen molar-refractivity contribution in [3.8, 4) is 5.69 Å². The van der Waals surface area contributed by atoms with Crippen molar-refractivity contribution in [1.29, 1.82) is 0 Å². The van der Waals surface area contributed by atoms with E-state index in [9.17, 15) is 22.8 Å². The fraction of sp³-hybridized carbons (Fsp3) is 0.455. The maximum absolute atomic E-state index is 13.1. The van der Waals surface area contributed by atoms with Gasteiger partial charge in [-0.05, 0) is 37.1 Å². The molecule has 32 heavy (non-hydrogen) atoms. The van der Waals surface area contributed by atoms with Gasteiger partial charge in [-0.3, -0.25) is 19.6 Å². The molecule has 0 bridgehead atoms. The molecular weight excluding hydrogens is 425 g/mol. The second kappa shape index (κ2) is 8.95. The van der Waals surface area contributed by atoms with Crippen molar-refractivity contribution in [2.24, 2.45) is 0 Å². The summed E-state index contributed by atoms with van der Waals surface area (Å²) < 4.78 is 46.7. The predicted molar refractivity (Wildman–Crippen MR) is 114 cm³/mol. The molecule has 1 aliphatic heterocycles. The van der Waals surface area contributed by atoms with E-state index >= 15 is 0 Å². The average molecular weight is 450 g/mol. The molecule has 1 fully saturated rings. The monoisotopic (exact) mass is 450 g/mol. The zero-order chi connectivity index (χ0) is 22.9. The Hall–Kier alpha value is -2.85. The summed E-state index contributed by atoms with van der Waals surface area (Å²) in [4.78, 5) is 28.2. The Kier molecular flexibility index (Phi) is 6.25. The van der Waals surface area contributed by atoms with Gasteiger partial charge in [0.05, 0.1) is 35.4 Å². The topological polar surface area (TPSA) is 72.3 Å². The number of nitrogens with zero attached hydrogens (tertiary/aromatic N) is 3. The van der Waals surface area contributed by atoms with Crippen LogP contribution in [0.3, 0.4) is 0 Å². The number of morpholine rings is 1. The number of pyridine rings is 1. The number of halogens is 3. The van der Waals surface area contributed by atoms with Gasteiger partial charge in [0.25, 0.3) is 11.1 Å². The van der Waals surface area contributed by atoms with E-state index in [0.717, 1.165) is 38.2 Å². The Bertz CT molecular complexity index is 1200. The summed E-state index contributed by atoms with van der Waals surface area (Å²) >= 11 is 0. The first-order chi connectivity index (χ1) is 15.3. The Morgan fingerprint density at radius 3 is 2.38 bits per heavy atom. The molecule has 1 aromatic carbocycles. The third-order valence-corrected chi connectivity index (χ3v) is 5.81. The number of hydrogen-bond acceptors (Lipinski definition) is 4. The van der Waals surface area contributed by atoms with Crippen molar-refractivity contribution < 1.29 is 17.9 Å². The number of fused-ring (bicyclic) bond motifs is 1. The highest BCUT2D eigenvalue weighted by Crippen LogP contribution is 2.29. The van der Waals surface area contributed by atoms with Crippen molar-refractivity contribution in [3.05, 3.63) is 62.3 Å². The number of benzene rings is 1. The molecule has 3 aromatic rings. The second-order valence-electron chi connectivity index (χ2n) is 7.83. The number of aromatic nitrogens is 3. The molecule has 172 valence electrons. The van der Waals surface area contributed by atoms with Gasteiger partial charge in [-0.2, -0.15) is 13.2 Å². The predicted octanol–water partition coefficient (Wildman–Crippen LogP) is 2.78. The highest BCUT2D eigenvalue weighted by Gasteiger charge is 2.30. The quantitative estimate of drug-likeness (QED) is 0.627. The number of H-pyrrole nitrogens is 1. The number of aromatic amines is 1. The van der Waals surface area contributed by atoms with Gasteiger partial charge in [0.1, 0.15) is 0 Å². The number of hydrogen-bond donors (Lipinski definition) is 1. The molecule has 0 saturated carbocycles. The van der Waals surface area contributed by atoms with E-state index in [1.807, 2.05) is 6.92 Å². The maximum atomic E-state index is 13.1. The van der Waals surface area contributed by atoms with Crippen molar-refractivity contribution in [1.82, 2.24) is 19.2 Å². The number of rotatable bonds is 6. The highest BCUT2D eigenvalue weighted by atomic mass is 19.4. The Morgan fingerprint density at radius 2 is 1.75 bits per heavy atom. The lowest BCUT2D eigenvalue weighted by Crippen LogP contribution is -2.37. The van der Waals surface area contributed by atoms with E-state index < -0.39 is 17.3 Å². The van der Waals surface area contributed by atoms with E-state index in [-0.39, 0.29) is 11.2 Å². The normalized spacial score (nSPS) is 15.5. The number of aryl methyl sites for hydroxylation is 1. The van der Waals surface area contributed by atoms with Crippen molar-refractivity contribution in [3.63, 3.8) is 0 Å². The third kappa shape index (κ3) is 4.37. The zero-order valence-corrected chi connectivity index (χ0v) is 17.7. The molecule has 1 aliphatic rings. The molecule has 4 rings (SSSR count). The van der Waals surface area contributed by atoms with E-state index in [0.29, 0.717) is 42.8 Å². The van der Waals surface area contributed by atoms with E-state index in [1.54, 1.807) is 4.57 Å². The van der Waals surface area contributed by atoms with Gasteiger partial charge < -0.3 is 9.30 Å². The second-order valence-corrected chi connectivity index (χ2v) is 7.83. The minimum atomic E-state index is -4.45. The summed E-state index contributed by atoms with van der Waals surface area (Å²) in [6, 6.07) is 5.71. The molecule has 0 spiro atoms. The Morgan fingerprint density at radius 1 is 1.06 bits per heavy atom. The first-order valence-electron chi connectivity index (χ1n) is 10.6. The largest absolute Gasteiger partial charge is 0.416 e. The van der Waals surface area contributed by atoms with Crippen molar-refractivity contribution >= 4 is 10.9 Å². The van der Waals surface area contributed by atoms with Gasteiger partial charge in [0.2, 0.25) is 0 Å². The SMILES string of the molecule is CCc1c2c(=O)n(-c3ccc(C(F)(F)F)cc3)[nH]c2cc(=O)n1CCCN1CCOCC1. The fourth-order valence-corrected chi connectivity index (χ4v) is 4.18. The minimum absolute atomic E-state index is 0.211. The summed E-state index contributed by atoms with van der Waals surface area (Å²) in [5.74, 6) is 0. The molecular formula is C22H25F3N4O3. The summed E-state index contributed by atoms with van der Waals surface area (Å²) in [7, 11) is 0. The van der Waals surface area contributed by atoms with Crippen molar-refractivity contribution in [2.75, 3.05) is 32.8 Å². The molecule has 2 aromatic heterocycles. The van der Waals surface area contributed by atoms with Gasteiger partial charge >= 0.3 is 6.18 Å². The molecule has 10 heteroatoms. The van der Waals surface area contributed by atoms with Crippen LogP contribution in [0.15, 0.2) is 39.9 Å². The molecule has 1 N–H and O–H groups in total. The number of ether oxygens (including phenoxy) is 1. The van der Waals surface area contributed by atoms with Crippen LogP contribution in [-0.4, -0.2) is 52.1 Å². The lowest BCUT2D eigenvalue weighted by atomic mass is 10.1. The van der Waals surface area contributed by atoms with Crippen LogP contribution in [0, 0.1) is 0 Å². The van der Waals surface area contributed by atoms with Gasteiger partial charge in [0, 0.05) is 37.9 Å². The highest BCUT2D eigenvalue weighted by molar-refractivity contribution is 5.80. The number of alkyl halides is 3. The van der Waals surface area contributed by atoms with Crippen molar-refractivity contribution in [2.45, 2.75) is 32.5 Å². The van der Waals surface area contributed by atoms with Crippen LogP contribution in [-0.2, 0) is 23.9 Å². The summed E-state index contributed by atoms with van der Waals surface area (Å²) in [6.45, 7) is 6.34. The Balaban J connectivity index is 1.66. The van der Waals surface area contributed by atoms with Gasteiger partial charge in [-0.25, -0.2) is 4.68 Å². The van der Waals surface area contributed by atoms with Gasteiger partial charge in [-0.15, -0.1) is 0 Å². The van der Waals surface area contributed by atoms with Gasteiger partial charge in [-0.1, -0.05) is 6.92 Å². The lowest BCUT2D eigenvalue weighted by molar-refractivity contribution is -0.137. The average Bonchev–Trinajstić information content (AvgIpc) is 3.10. The minimum Gasteiger partial charge on any atom is -0.379 e. The lowest BCUT2D eigenvalue weighted by Gasteiger charge is -2.26. The van der Waals surface area contributed by atoms with Crippen LogP contribution in [0.1, 0.15) is 24.6 Å². The van der Waals surface area contributed by atoms with E-state index in [1.165, 1.54) is 22.9 Å². The zero-order valence-electron chi connectivity index (χ0n) is 17.7. The standard InChI is InChI=1S/C22H25F3N4O3/c1-2-18-20-17(14-19(30)28(18)9-3-8-27-10-12-32-13-11-27)26-29(21(20)31)16-6-4-15(5-7-16)22(23,24)25/h4-7,14,26H,2-3,8-13H2,1H3. The molecule has 7 nitrogen and oxygen atoms in total. The molecule has 0 atom stereocenters. The Labute approximate surface area is 182 Å². The molecule has 0 amide bonds. The smallest absolute Gasteiger partial charge is 0.379 e. The maximum Gasteiger partial charge on any atom is 0.416 e. The summed E-state index contributed by atoms with van der Waals surface area (Å²) in [6.07, 6.45) is -3.22.